The first-order chi connectivity index (χ1) is 25.9. The number of hydrogen-bond acceptors (Lipinski definition) is 9. The van der Waals surface area contributed by atoms with Crippen molar-refractivity contribution in [1.82, 2.24) is 14.5 Å². The standard InChI is InChI=1S/C41H53N3O9S/c1-27-11-6-5-8-12-28-14-10-15-30-23-43(25-34(28)30)40(49)53-32-20-35-36(45)22-41(39(48)42-54(50,51)33-17-18-33)21-31(41)16-9-4-2-3-7-13-29(19-37(46)52-26-27)38(47)44(35)24-32/h8-10,12,14-16,27,29,31-33,35H,2-7,11,13,17-26H2,1H3,(H,42,48)/b12-8+,16-9-/t27-,29+,31+,32+,35-,41+/m0/s1. The first-order valence-electron chi connectivity index (χ1n) is 19.9. The van der Waals surface area contributed by atoms with E-state index in [9.17, 15) is 32.4 Å². The smallest absolute Gasteiger partial charge is 0.410 e. The molecule has 3 fully saturated rings. The number of fused-ring (bicyclic) bond motifs is 4. The van der Waals surface area contributed by atoms with Crippen LogP contribution in [-0.2, 0) is 51.8 Å². The van der Waals surface area contributed by atoms with Crippen molar-refractivity contribution in [3.8, 4) is 0 Å². The molecule has 7 rings (SSSR count). The molecule has 2 aliphatic carbocycles. The first kappa shape index (κ1) is 38.3. The van der Waals surface area contributed by atoms with E-state index in [1.165, 1.54) is 4.90 Å². The van der Waals surface area contributed by atoms with Crippen molar-refractivity contribution in [3.63, 3.8) is 0 Å². The molecule has 1 aromatic carbocycles. The number of benzene rings is 1. The van der Waals surface area contributed by atoms with E-state index in [1.807, 2.05) is 37.3 Å². The second-order valence-electron chi connectivity index (χ2n) is 16.5. The van der Waals surface area contributed by atoms with Gasteiger partial charge in [0.2, 0.25) is 21.8 Å². The molecule has 1 N–H and O–H groups in total. The quantitative estimate of drug-likeness (QED) is 0.307. The van der Waals surface area contributed by atoms with Crippen LogP contribution >= 0.6 is 0 Å². The van der Waals surface area contributed by atoms with Gasteiger partial charge in [-0.3, -0.25) is 28.8 Å². The number of hydrogen-bond donors (Lipinski definition) is 1. The molecule has 292 valence electrons. The van der Waals surface area contributed by atoms with Crippen molar-refractivity contribution in [3.05, 3.63) is 53.1 Å². The Hall–Kier alpha value is -4.00. The molecular weight excluding hydrogens is 711 g/mol. The highest BCUT2D eigenvalue weighted by atomic mass is 32.2. The third-order valence-electron chi connectivity index (χ3n) is 12.2. The summed E-state index contributed by atoms with van der Waals surface area (Å²) < 4.78 is 39.7. The molecule has 0 radical (unpaired) electrons. The molecule has 4 heterocycles. The fourth-order valence-corrected chi connectivity index (χ4v) is 10.0. The van der Waals surface area contributed by atoms with E-state index in [1.54, 1.807) is 4.90 Å². The zero-order chi connectivity index (χ0) is 38.0. The Kier molecular flexibility index (Phi) is 11.3. The van der Waals surface area contributed by atoms with Gasteiger partial charge in [0.25, 0.3) is 0 Å². The minimum absolute atomic E-state index is 0.0308. The second-order valence-corrected chi connectivity index (χ2v) is 18.4. The SMILES string of the molecule is C[C@H]1CCC/C=C/c2cccc3c2CN(C3)C(=O)O[C@@H]2C[C@H]3C(=O)C[C@]4(C(=O)NS(=O)(=O)C5CC5)C[C@H]4/C=C\CCCCC[C@H](CC(=O)OC1)C(=O)N3C2. The molecule has 0 aromatic heterocycles. The van der Waals surface area contributed by atoms with E-state index in [4.69, 9.17) is 9.47 Å². The van der Waals surface area contributed by atoms with Gasteiger partial charge in [-0.2, -0.15) is 0 Å². The maximum atomic E-state index is 14.5. The van der Waals surface area contributed by atoms with Gasteiger partial charge in [-0.25, -0.2) is 13.2 Å². The largest absolute Gasteiger partial charge is 0.465 e. The number of carbonyl (C=O) groups excluding carboxylic acids is 5. The lowest BCUT2D eigenvalue weighted by Crippen LogP contribution is -2.46. The fraction of sp³-hybridized carbons (Fsp3) is 0.634. The molecule has 13 heteroatoms. The van der Waals surface area contributed by atoms with Gasteiger partial charge in [-0.05, 0) is 86.3 Å². The molecule has 0 spiro atoms. The van der Waals surface area contributed by atoms with Crippen LogP contribution in [0.25, 0.3) is 6.08 Å². The van der Waals surface area contributed by atoms with Gasteiger partial charge in [0.05, 0.1) is 42.8 Å². The number of Topliss-reactive ketones (excluding diaryl/α,β-unsaturated/α-hetero) is 1. The van der Waals surface area contributed by atoms with Gasteiger partial charge in [0.1, 0.15) is 6.10 Å². The minimum atomic E-state index is -3.85. The summed E-state index contributed by atoms with van der Waals surface area (Å²) in [7, 11) is -3.85. The molecule has 4 aliphatic heterocycles. The maximum Gasteiger partial charge on any atom is 0.410 e. The summed E-state index contributed by atoms with van der Waals surface area (Å²) in [5.74, 6) is -2.82. The number of ketones is 1. The lowest BCUT2D eigenvalue weighted by atomic mass is 9.90. The highest BCUT2D eigenvalue weighted by Gasteiger charge is 2.61. The summed E-state index contributed by atoms with van der Waals surface area (Å²) in [4.78, 5) is 72.7. The zero-order valence-electron chi connectivity index (χ0n) is 31.2. The van der Waals surface area contributed by atoms with Crippen molar-refractivity contribution in [1.29, 1.82) is 0 Å². The summed E-state index contributed by atoms with van der Waals surface area (Å²) in [5.41, 5.74) is 1.89. The molecule has 1 aromatic rings. The van der Waals surface area contributed by atoms with E-state index in [2.05, 4.69) is 16.9 Å². The van der Waals surface area contributed by atoms with E-state index in [0.717, 1.165) is 55.2 Å². The van der Waals surface area contributed by atoms with Crippen LogP contribution in [0, 0.1) is 23.2 Å². The number of amides is 3. The first-order valence-corrected chi connectivity index (χ1v) is 21.4. The number of sulfonamides is 1. The van der Waals surface area contributed by atoms with Crippen molar-refractivity contribution in [2.45, 2.75) is 127 Å². The Morgan fingerprint density at radius 3 is 2.59 bits per heavy atom. The fourth-order valence-electron chi connectivity index (χ4n) is 8.64. The van der Waals surface area contributed by atoms with E-state index in [-0.39, 0.29) is 55.9 Å². The van der Waals surface area contributed by atoms with Crippen LogP contribution in [0.2, 0.25) is 0 Å². The Bertz CT molecular complexity index is 1820. The number of carbonyl (C=O) groups is 5. The predicted molar refractivity (Wildman–Crippen MR) is 200 cm³/mol. The maximum absolute atomic E-state index is 14.5. The molecule has 12 nitrogen and oxygen atoms in total. The van der Waals surface area contributed by atoms with Gasteiger partial charge < -0.3 is 14.4 Å². The molecule has 6 atom stereocenters. The van der Waals surface area contributed by atoms with Crippen LogP contribution < -0.4 is 4.72 Å². The Labute approximate surface area is 318 Å². The van der Waals surface area contributed by atoms with Crippen LogP contribution in [0.3, 0.4) is 0 Å². The third kappa shape index (κ3) is 8.61. The highest BCUT2D eigenvalue weighted by molar-refractivity contribution is 7.90. The van der Waals surface area contributed by atoms with E-state index < -0.39 is 56.7 Å². The Balaban J connectivity index is 1.17. The minimum Gasteiger partial charge on any atom is -0.465 e. The molecule has 0 unspecified atom stereocenters. The summed E-state index contributed by atoms with van der Waals surface area (Å²) in [6.45, 7) is 3.03. The summed E-state index contributed by atoms with van der Waals surface area (Å²) in [6.07, 6.45) is 13.9. The number of rotatable bonds is 3. The molecule has 54 heavy (non-hydrogen) atoms. The summed E-state index contributed by atoms with van der Waals surface area (Å²) in [6, 6.07) is 5.01. The molecule has 5 bridgehead atoms. The van der Waals surface area contributed by atoms with Gasteiger partial charge >= 0.3 is 12.1 Å². The lowest BCUT2D eigenvalue weighted by Gasteiger charge is -2.29. The van der Waals surface area contributed by atoms with Crippen molar-refractivity contribution in [2.75, 3.05) is 13.2 Å². The van der Waals surface area contributed by atoms with Crippen molar-refractivity contribution in [2.24, 2.45) is 23.2 Å². The summed E-state index contributed by atoms with van der Waals surface area (Å²) >= 11 is 0. The third-order valence-corrected chi connectivity index (χ3v) is 14.0. The van der Waals surface area contributed by atoms with Gasteiger partial charge in [-0.1, -0.05) is 62.3 Å². The number of cyclic esters (lactones) is 1. The Morgan fingerprint density at radius 2 is 1.78 bits per heavy atom. The van der Waals surface area contributed by atoms with Crippen LogP contribution in [-0.4, -0.2) is 78.4 Å². The zero-order valence-corrected chi connectivity index (χ0v) is 32.0. The number of allylic oxidation sites excluding steroid dienone is 3. The van der Waals surface area contributed by atoms with Crippen molar-refractivity contribution >= 4 is 45.8 Å². The van der Waals surface area contributed by atoms with Crippen LogP contribution in [0.15, 0.2) is 36.4 Å². The highest BCUT2D eigenvalue weighted by Crippen LogP contribution is 2.57. The average Bonchev–Trinajstić information content (AvgIpc) is 4.02. The second kappa shape index (κ2) is 16.0. The number of ether oxygens (including phenoxy) is 2. The molecular formula is C41H53N3O9S. The Morgan fingerprint density at radius 1 is 0.963 bits per heavy atom. The normalized spacial score (nSPS) is 32.6. The molecule has 3 amide bonds. The van der Waals surface area contributed by atoms with Crippen LogP contribution in [0.5, 0.6) is 0 Å². The van der Waals surface area contributed by atoms with Gasteiger partial charge in [0, 0.05) is 25.3 Å². The molecule has 2 saturated carbocycles. The van der Waals surface area contributed by atoms with E-state index >= 15 is 0 Å². The topological polar surface area (TPSA) is 156 Å². The summed E-state index contributed by atoms with van der Waals surface area (Å²) in [5, 5.41) is -0.600. The number of esters is 1. The lowest BCUT2D eigenvalue weighted by molar-refractivity contribution is -0.151. The number of nitrogens with zero attached hydrogens (tertiary/aromatic N) is 2. The predicted octanol–water partition coefficient (Wildman–Crippen LogP) is 5.59. The van der Waals surface area contributed by atoms with Gasteiger partial charge in [0.15, 0.2) is 5.78 Å². The monoisotopic (exact) mass is 763 g/mol. The molecule has 1 saturated heterocycles. The van der Waals surface area contributed by atoms with E-state index in [0.29, 0.717) is 45.2 Å². The number of nitrogens with one attached hydrogen (secondary N) is 1. The van der Waals surface area contributed by atoms with Crippen molar-refractivity contribution < 1.29 is 41.9 Å². The molecule has 6 aliphatic rings. The average molecular weight is 764 g/mol. The van der Waals surface area contributed by atoms with Crippen LogP contribution in [0.4, 0.5) is 4.79 Å². The van der Waals surface area contributed by atoms with Crippen LogP contribution in [0.1, 0.15) is 114 Å². The van der Waals surface area contributed by atoms with Gasteiger partial charge in [-0.15, -0.1) is 0 Å².